The monoisotopic (exact) mass is 500 g/mol. The Morgan fingerprint density at radius 3 is 2.51 bits per heavy atom. The van der Waals surface area contributed by atoms with Gasteiger partial charge in [-0.3, -0.25) is 14.2 Å². The molecule has 35 heavy (non-hydrogen) atoms. The number of para-hydroxylation sites is 1. The first-order valence-electron chi connectivity index (χ1n) is 11.2. The molecule has 8 heteroatoms. The molecule has 0 spiro atoms. The minimum Gasteiger partial charge on any atom is -0.325 e. The molecule has 1 N–H and O–H groups in total. The van der Waals surface area contributed by atoms with Crippen LogP contribution in [0.5, 0.6) is 0 Å². The number of pyridine rings is 1. The number of rotatable bonds is 6. The second-order valence-electron chi connectivity index (χ2n) is 8.51. The zero-order valence-corrected chi connectivity index (χ0v) is 21.3. The Hall–Kier alpha value is -3.49. The van der Waals surface area contributed by atoms with Crippen LogP contribution < -0.4 is 10.9 Å². The lowest BCUT2D eigenvalue weighted by Gasteiger charge is -2.14. The number of aryl methyl sites for hydroxylation is 3. The highest BCUT2D eigenvalue weighted by molar-refractivity contribution is 7.99. The summed E-state index contributed by atoms with van der Waals surface area (Å²) in [6.45, 7) is 6.36. The molecule has 0 unspecified atom stereocenters. The number of carbonyl (C=O) groups excluding carboxylic acids is 1. The summed E-state index contributed by atoms with van der Waals surface area (Å²) in [4.78, 5) is 36.5. The quantitative estimate of drug-likeness (QED) is 0.239. The van der Waals surface area contributed by atoms with Crippen LogP contribution in [0.1, 0.15) is 22.3 Å². The highest BCUT2D eigenvalue weighted by atomic mass is 32.2. The van der Waals surface area contributed by atoms with E-state index in [0.29, 0.717) is 21.9 Å². The van der Waals surface area contributed by atoms with E-state index in [4.69, 9.17) is 4.98 Å². The van der Waals surface area contributed by atoms with E-state index in [2.05, 4.69) is 10.3 Å². The van der Waals surface area contributed by atoms with Crippen molar-refractivity contribution >= 4 is 55.1 Å². The van der Waals surface area contributed by atoms with Crippen molar-refractivity contribution in [3.63, 3.8) is 0 Å². The lowest BCUT2D eigenvalue weighted by Crippen LogP contribution is -2.24. The lowest BCUT2D eigenvalue weighted by molar-refractivity contribution is -0.113. The third-order valence-corrected chi connectivity index (χ3v) is 7.92. The number of hydrogen-bond acceptors (Lipinski definition) is 6. The Balaban J connectivity index is 1.51. The lowest BCUT2D eigenvalue weighted by atomic mass is 10.1. The van der Waals surface area contributed by atoms with Crippen LogP contribution >= 0.6 is 23.1 Å². The van der Waals surface area contributed by atoms with Crippen molar-refractivity contribution in [3.8, 4) is 0 Å². The van der Waals surface area contributed by atoms with Gasteiger partial charge < -0.3 is 5.32 Å². The molecule has 0 fully saturated rings. The van der Waals surface area contributed by atoms with Gasteiger partial charge in [-0.25, -0.2) is 9.97 Å². The van der Waals surface area contributed by atoms with Gasteiger partial charge in [-0.1, -0.05) is 59.8 Å². The Labute approximate surface area is 211 Å². The van der Waals surface area contributed by atoms with Gasteiger partial charge >= 0.3 is 0 Å². The van der Waals surface area contributed by atoms with Crippen LogP contribution in [-0.4, -0.2) is 26.2 Å². The van der Waals surface area contributed by atoms with E-state index in [1.54, 1.807) is 10.8 Å². The van der Waals surface area contributed by atoms with Crippen molar-refractivity contribution in [1.82, 2.24) is 14.5 Å². The van der Waals surface area contributed by atoms with Crippen LogP contribution in [-0.2, 0) is 11.3 Å². The molecule has 6 nitrogen and oxygen atoms in total. The van der Waals surface area contributed by atoms with Crippen LogP contribution in [0.4, 0.5) is 5.69 Å². The number of thiophene rings is 1. The average Bonchev–Trinajstić information content (AvgIpc) is 3.22. The number of amides is 1. The molecule has 1 amide bonds. The first-order chi connectivity index (χ1) is 16.9. The van der Waals surface area contributed by atoms with Gasteiger partial charge in [0.25, 0.3) is 5.56 Å². The topological polar surface area (TPSA) is 76.9 Å². The summed E-state index contributed by atoms with van der Waals surface area (Å²) < 4.78 is 2.24. The molecule has 0 aliphatic heterocycles. The van der Waals surface area contributed by atoms with Crippen molar-refractivity contribution in [1.29, 1.82) is 0 Å². The molecule has 0 radical (unpaired) electrons. The Morgan fingerprint density at radius 1 is 1.03 bits per heavy atom. The second kappa shape index (κ2) is 9.64. The standard InChI is InChI=1S/C27H24N4O2S2/c1-16-9-11-19(12-10-16)14-31-26(33)24-23(20-8-5-13-28-25(20)35-24)30-27(31)34-15-21(32)29-22-17(2)6-4-7-18(22)3/h4-13H,14-15H2,1-3H3,(H,29,32). The second-order valence-corrected chi connectivity index (χ2v) is 10.5. The zero-order chi connectivity index (χ0) is 24.5. The fourth-order valence-electron chi connectivity index (χ4n) is 3.98. The average molecular weight is 501 g/mol. The highest BCUT2D eigenvalue weighted by Gasteiger charge is 2.18. The number of benzene rings is 2. The molecule has 0 saturated carbocycles. The number of aromatic nitrogens is 3. The van der Waals surface area contributed by atoms with Gasteiger partial charge in [0, 0.05) is 17.3 Å². The van der Waals surface area contributed by atoms with Crippen molar-refractivity contribution in [3.05, 3.63) is 93.4 Å². The van der Waals surface area contributed by atoms with Gasteiger partial charge in [0.1, 0.15) is 9.53 Å². The molecule has 0 saturated heterocycles. The molecule has 0 aliphatic carbocycles. The molecular formula is C27H24N4O2S2. The number of fused-ring (bicyclic) bond motifs is 3. The fourth-order valence-corrected chi connectivity index (χ4v) is 5.81. The maximum absolute atomic E-state index is 13.6. The summed E-state index contributed by atoms with van der Waals surface area (Å²) in [6, 6.07) is 17.8. The molecule has 2 aromatic carbocycles. The Morgan fingerprint density at radius 2 is 1.77 bits per heavy atom. The third-order valence-electron chi connectivity index (χ3n) is 5.86. The van der Waals surface area contributed by atoms with Crippen molar-refractivity contribution in [2.24, 2.45) is 0 Å². The Kier molecular flexibility index (Phi) is 6.40. The number of thioether (sulfide) groups is 1. The minimum atomic E-state index is -0.138. The molecule has 3 aromatic heterocycles. The molecule has 5 rings (SSSR count). The van der Waals surface area contributed by atoms with Crippen LogP contribution in [0, 0.1) is 20.8 Å². The highest BCUT2D eigenvalue weighted by Crippen LogP contribution is 2.31. The van der Waals surface area contributed by atoms with Gasteiger partial charge in [-0.2, -0.15) is 0 Å². The summed E-state index contributed by atoms with van der Waals surface area (Å²) in [6.07, 6.45) is 1.72. The Bertz CT molecular complexity index is 1600. The van der Waals surface area contributed by atoms with Crippen LogP contribution in [0.2, 0.25) is 0 Å². The van der Waals surface area contributed by atoms with E-state index in [-0.39, 0.29) is 17.2 Å². The summed E-state index contributed by atoms with van der Waals surface area (Å²) in [5.74, 6) is 0.000379. The zero-order valence-electron chi connectivity index (χ0n) is 19.7. The van der Waals surface area contributed by atoms with Crippen molar-refractivity contribution in [2.75, 3.05) is 11.1 Å². The third kappa shape index (κ3) is 4.72. The minimum absolute atomic E-state index is 0.115. The first-order valence-corrected chi connectivity index (χ1v) is 13.0. The van der Waals surface area contributed by atoms with Crippen LogP contribution in [0.25, 0.3) is 20.4 Å². The fraction of sp³-hybridized carbons (Fsp3) is 0.185. The summed E-state index contributed by atoms with van der Waals surface area (Å²) in [7, 11) is 0. The van der Waals surface area contributed by atoms with E-state index < -0.39 is 0 Å². The predicted octanol–water partition coefficient (Wildman–Crippen LogP) is 5.71. The van der Waals surface area contributed by atoms with E-state index in [1.165, 1.54) is 23.1 Å². The summed E-state index contributed by atoms with van der Waals surface area (Å²) in [5, 5.41) is 4.39. The molecule has 0 bridgehead atoms. The van der Waals surface area contributed by atoms with Crippen molar-refractivity contribution < 1.29 is 4.79 Å². The first kappa shape index (κ1) is 23.3. The SMILES string of the molecule is Cc1ccc(Cn2c(SCC(=O)Nc3c(C)cccc3C)nc3c(sc4ncccc43)c2=O)cc1. The number of nitrogens with zero attached hydrogens (tertiary/aromatic N) is 3. The molecule has 5 aromatic rings. The molecule has 3 heterocycles. The van der Waals surface area contributed by atoms with E-state index in [9.17, 15) is 9.59 Å². The predicted molar refractivity (Wildman–Crippen MR) is 145 cm³/mol. The molecule has 0 atom stereocenters. The van der Waals surface area contributed by atoms with Gasteiger partial charge in [0.15, 0.2) is 5.16 Å². The maximum atomic E-state index is 13.6. The molecular weight excluding hydrogens is 476 g/mol. The summed E-state index contributed by atoms with van der Waals surface area (Å²) >= 11 is 2.63. The van der Waals surface area contributed by atoms with Crippen LogP contribution in [0.15, 0.2) is 70.7 Å². The molecule has 176 valence electrons. The van der Waals surface area contributed by atoms with Crippen molar-refractivity contribution in [2.45, 2.75) is 32.5 Å². The number of carbonyl (C=O) groups is 1. The number of anilines is 1. The van der Waals surface area contributed by atoms with Gasteiger partial charge in [0.2, 0.25) is 5.91 Å². The largest absolute Gasteiger partial charge is 0.325 e. The number of nitrogens with one attached hydrogen (secondary N) is 1. The summed E-state index contributed by atoms with van der Waals surface area (Å²) in [5.41, 5.74) is 5.53. The van der Waals surface area contributed by atoms with E-state index in [0.717, 1.165) is 38.2 Å². The van der Waals surface area contributed by atoms with Gasteiger partial charge in [-0.15, -0.1) is 11.3 Å². The van der Waals surface area contributed by atoms with Gasteiger partial charge in [0.05, 0.1) is 17.8 Å². The van der Waals surface area contributed by atoms with Gasteiger partial charge in [-0.05, 0) is 49.6 Å². The van der Waals surface area contributed by atoms with Crippen LogP contribution in [0.3, 0.4) is 0 Å². The smallest absolute Gasteiger partial charge is 0.272 e. The van der Waals surface area contributed by atoms with E-state index >= 15 is 0 Å². The number of hydrogen-bond donors (Lipinski definition) is 1. The van der Waals surface area contributed by atoms with E-state index in [1.807, 2.05) is 75.4 Å². The normalized spacial score (nSPS) is 11.3. The molecule has 0 aliphatic rings. The maximum Gasteiger partial charge on any atom is 0.272 e.